The van der Waals surface area contributed by atoms with Gasteiger partial charge in [0, 0.05) is 23.6 Å². The highest BCUT2D eigenvalue weighted by Crippen LogP contribution is 2.47. The number of alkyl halides is 2. The van der Waals surface area contributed by atoms with Gasteiger partial charge in [0.15, 0.2) is 0 Å². The summed E-state index contributed by atoms with van der Waals surface area (Å²) in [6.07, 6.45) is 1.64. The Bertz CT molecular complexity index is 408. The maximum atomic E-state index is 13.2. The number of ether oxygens (including phenoxy) is 1. The van der Waals surface area contributed by atoms with E-state index in [0.29, 0.717) is 11.3 Å². The molecule has 0 aliphatic heterocycles. The summed E-state index contributed by atoms with van der Waals surface area (Å²) in [6, 6.07) is 4.41. The van der Waals surface area contributed by atoms with Crippen LogP contribution in [0.4, 0.5) is 8.78 Å². The zero-order valence-electron chi connectivity index (χ0n) is 9.39. The number of methoxy groups -OCH3 is 1. The lowest BCUT2D eigenvalue weighted by Gasteiger charge is -2.18. The zero-order chi connectivity index (χ0) is 12.0. The number of rotatable bonds is 3. The topological polar surface area (TPSA) is 35.2 Å². The van der Waals surface area contributed by atoms with E-state index in [4.69, 9.17) is 10.5 Å². The normalized spacial score (nSPS) is 18.3. The molecule has 0 saturated heterocycles. The standard InChI is InChI=1S/C12H15F2NO/c1-11(13,14)8-3-4-10(16-2)9(7-8)12(15)5-6-12/h3-4,7H,5-6,15H2,1-2H3. The minimum absolute atomic E-state index is 0.0139. The van der Waals surface area contributed by atoms with Gasteiger partial charge in [-0.3, -0.25) is 0 Å². The van der Waals surface area contributed by atoms with Crippen molar-refractivity contribution in [3.8, 4) is 5.75 Å². The lowest BCUT2D eigenvalue weighted by molar-refractivity contribution is 0.0173. The molecule has 1 aliphatic rings. The average molecular weight is 227 g/mol. The van der Waals surface area contributed by atoms with E-state index in [0.717, 1.165) is 19.8 Å². The largest absolute Gasteiger partial charge is 0.496 e. The molecule has 2 N–H and O–H groups in total. The van der Waals surface area contributed by atoms with Gasteiger partial charge in [-0.05, 0) is 31.0 Å². The van der Waals surface area contributed by atoms with Crippen molar-refractivity contribution >= 4 is 0 Å². The first kappa shape index (κ1) is 11.3. The summed E-state index contributed by atoms with van der Waals surface area (Å²) in [5, 5.41) is 0. The molecule has 0 atom stereocenters. The van der Waals surface area contributed by atoms with Crippen LogP contribution in [0.15, 0.2) is 18.2 Å². The highest BCUT2D eigenvalue weighted by molar-refractivity contribution is 5.45. The first-order valence-corrected chi connectivity index (χ1v) is 5.22. The molecule has 1 aliphatic carbocycles. The molecule has 1 aromatic rings. The molecule has 0 radical (unpaired) electrons. The van der Waals surface area contributed by atoms with Crippen molar-refractivity contribution in [3.05, 3.63) is 29.3 Å². The Hall–Kier alpha value is -1.16. The van der Waals surface area contributed by atoms with Crippen molar-refractivity contribution in [2.75, 3.05) is 7.11 Å². The molecule has 2 nitrogen and oxygen atoms in total. The Morgan fingerprint density at radius 2 is 2.00 bits per heavy atom. The lowest BCUT2D eigenvalue weighted by atomic mass is 9.99. The van der Waals surface area contributed by atoms with Gasteiger partial charge in [-0.1, -0.05) is 0 Å². The summed E-state index contributed by atoms with van der Waals surface area (Å²) < 4.78 is 31.5. The van der Waals surface area contributed by atoms with Crippen LogP contribution in [0.5, 0.6) is 5.75 Å². The first-order chi connectivity index (χ1) is 7.37. The fourth-order valence-electron chi connectivity index (χ4n) is 1.77. The summed E-state index contributed by atoms with van der Waals surface area (Å²) in [7, 11) is 1.52. The lowest BCUT2D eigenvalue weighted by Crippen LogP contribution is -2.21. The van der Waals surface area contributed by atoms with Crippen LogP contribution in [0.3, 0.4) is 0 Å². The van der Waals surface area contributed by atoms with Crippen LogP contribution in [-0.4, -0.2) is 7.11 Å². The molecule has 1 fully saturated rings. The first-order valence-electron chi connectivity index (χ1n) is 5.22. The Kier molecular flexibility index (Phi) is 2.42. The molecule has 0 heterocycles. The Morgan fingerprint density at radius 3 is 2.44 bits per heavy atom. The van der Waals surface area contributed by atoms with Crippen molar-refractivity contribution in [3.63, 3.8) is 0 Å². The van der Waals surface area contributed by atoms with Crippen LogP contribution in [0.25, 0.3) is 0 Å². The third-order valence-corrected chi connectivity index (χ3v) is 3.03. The van der Waals surface area contributed by atoms with Crippen LogP contribution in [0.2, 0.25) is 0 Å². The van der Waals surface area contributed by atoms with Gasteiger partial charge in [-0.25, -0.2) is 8.78 Å². The third-order valence-electron chi connectivity index (χ3n) is 3.03. The van der Waals surface area contributed by atoms with E-state index >= 15 is 0 Å². The van der Waals surface area contributed by atoms with E-state index in [1.165, 1.54) is 19.2 Å². The molecular weight excluding hydrogens is 212 g/mol. The van der Waals surface area contributed by atoms with E-state index in [-0.39, 0.29) is 5.56 Å². The number of halogens is 2. The molecule has 0 spiro atoms. The zero-order valence-corrected chi connectivity index (χ0v) is 9.39. The maximum Gasteiger partial charge on any atom is 0.270 e. The molecule has 1 aromatic carbocycles. The number of benzene rings is 1. The molecule has 88 valence electrons. The van der Waals surface area contributed by atoms with Crippen LogP contribution in [0, 0.1) is 0 Å². The summed E-state index contributed by atoms with van der Waals surface area (Å²) in [6.45, 7) is 0.884. The summed E-state index contributed by atoms with van der Waals surface area (Å²) in [5.41, 5.74) is 6.24. The van der Waals surface area contributed by atoms with E-state index < -0.39 is 11.5 Å². The van der Waals surface area contributed by atoms with Gasteiger partial charge < -0.3 is 10.5 Å². The molecule has 16 heavy (non-hydrogen) atoms. The van der Waals surface area contributed by atoms with Gasteiger partial charge in [-0.15, -0.1) is 0 Å². The predicted octanol–water partition coefficient (Wildman–Crippen LogP) is 2.75. The number of hydrogen-bond donors (Lipinski definition) is 1. The maximum absolute atomic E-state index is 13.2. The quantitative estimate of drug-likeness (QED) is 0.861. The molecular formula is C12H15F2NO. The van der Waals surface area contributed by atoms with Crippen molar-refractivity contribution in [1.29, 1.82) is 0 Å². The molecule has 1 saturated carbocycles. The van der Waals surface area contributed by atoms with Gasteiger partial charge in [0.05, 0.1) is 7.11 Å². The third kappa shape index (κ3) is 1.89. The second-order valence-electron chi connectivity index (χ2n) is 4.46. The second kappa shape index (κ2) is 3.42. The van der Waals surface area contributed by atoms with Crippen molar-refractivity contribution in [2.24, 2.45) is 5.73 Å². The van der Waals surface area contributed by atoms with Gasteiger partial charge in [0.2, 0.25) is 0 Å². The minimum atomic E-state index is -2.84. The van der Waals surface area contributed by atoms with Gasteiger partial charge >= 0.3 is 0 Å². The molecule has 4 heteroatoms. The van der Waals surface area contributed by atoms with Crippen molar-refractivity contribution < 1.29 is 13.5 Å². The molecule has 0 unspecified atom stereocenters. The van der Waals surface area contributed by atoms with Crippen LogP contribution >= 0.6 is 0 Å². The smallest absolute Gasteiger partial charge is 0.270 e. The molecule has 0 aromatic heterocycles. The number of hydrogen-bond acceptors (Lipinski definition) is 2. The minimum Gasteiger partial charge on any atom is -0.496 e. The highest BCUT2D eigenvalue weighted by atomic mass is 19.3. The monoisotopic (exact) mass is 227 g/mol. The summed E-state index contributed by atoms with van der Waals surface area (Å²) >= 11 is 0. The van der Waals surface area contributed by atoms with Gasteiger partial charge in [0.25, 0.3) is 5.92 Å². The van der Waals surface area contributed by atoms with Crippen LogP contribution < -0.4 is 10.5 Å². The fraction of sp³-hybridized carbons (Fsp3) is 0.500. The van der Waals surface area contributed by atoms with E-state index in [2.05, 4.69) is 0 Å². The van der Waals surface area contributed by atoms with Gasteiger partial charge in [-0.2, -0.15) is 0 Å². The highest BCUT2D eigenvalue weighted by Gasteiger charge is 2.43. The molecule has 0 bridgehead atoms. The van der Waals surface area contributed by atoms with E-state index in [1.807, 2.05) is 0 Å². The summed E-state index contributed by atoms with van der Waals surface area (Å²) in [4.78, 5) is 0. The van der Waals surface area contributed by atoms with E-state index in [9.17, 15) is 8.78 Å². The van der Waals surface area contributed by atoms with Crippen molar-refractivity contribution in [2.45, 2.75) is 31.2 Å². The molecule has 2 rings (SSSR count). The van der Waals surface area contributed by atoms with Crippen LogP contribution in [0.1, 0.15) is 30.9 Å². The second-order valence-corrected chi connectivity index (χ2v) is 4.46. The van der Waals surface area contributed by atoms with Crippen molar-refractivity contribution in [1.82, 2.24) is 0 Å². The van der Waals surface area contributed by atoms with E-state index in [1.54, 1.807) is 6.07 Å². The predicted molar refractivity (Wildman–Crippen MR) is 57.7 cm³/mol. The average Bonchev–Trinajstić information content (AvgIpc) is 2.95. The number of nitrogens with two attached hydrogens (primary N) is 1. The van der Waals surface area contributed by atoms with Crippen LogP contribution in [-0.2, 0) is 11.5 Å². The summed E-state index contributed by atoms with van der Waals surface area (Å²) in [5.74, 6) is -2.25. The Balaban J connectivity index is 2.48. The Morgan fingerprint density at radius 1 is 1.38 bits per heavy atom. The van der Waals surface area contributed by atoms with Gasteiger partial charge in [0.1, 0.15) is 5.75 Å². The SMILES string of the molecule is COc1ccc(C(C)(F)F)cc1C1(N)CC1. The Labute approximate surface area is 93.4 Å². The fourth-order valence-corrected chi connectivity index (χ4v) is 1.77. The molecule has 0 amide bonds.